The van der Waals surface area contributed by atoms with Gasteiger partial charge in [0, 0.05) is 26.8 Å². The molecule has 0 aliphatic carbocycles. The van der Waals surface area contributed by atoms with E-state index in [0.29, 0.717) is 13.2 Å². The highest BCUT2D eigenvalue weighted by Crippen LogP contribution is 2.13. The molecule has 0 amide bonds. The summed E-state index contributed by atoms with van der Waals surface area (Å²) < 4.78 is 10.6. The molecule has 15 heavy (non-hydrogen) atoms. The summed E-state index contributed by atoms with van der Waals surface area (Å²) in [5, 5.41) is 0. The van der Waals surface area contributed by atoms with Crippen LogP contribution in [0.4, 0.5) is 0 Å². The van der Waals surface area contributed by atoms with Crippen molar-refractivity contribution in [2.24, 2.45) is 5.73 Å². The number of likely N-dealkylation sites (N-methyl/N-ethyl adjacent to an activating group) is 1. The predicted molar refractivity (Wildman–Crippen MR) is 63.1 cm³/mol. The maximum atomic E-state index is 5.83. The van der Waals surface area contributed by atoms with Crippen molar-refractivity contribution in [1.29, 1.82) is 0 Å². The van der Waals surface area contributed by atoms with E-state index in [1.807, 2.05) is 6.92 Å². The Kier molecular flexibility index (Phi) is 7.96. The van der Waals surface area contributed by atoms with Crippen LogP contribution in [0.2, 0.25) is 0 Å². The summed E-state index contributed by atoms with van der Waals surface area (Å²) in [6, 6.07) is 0. The van der Waals surface area contributed by atoms with Crippen molar-refractivity contribution in [3.63, 3.8) is 0 Å². The molecule has 0 aliphatic rings. The van der Waals surface area contributed by atoms with Crippen molar-refractivity contribution in [2.75, 3.05) is 46.6 Å². The molecule has 0 aromatic heterocycles. The van der Waals surface area contributed by atoms with E-state index in [0.717, 1.165) is 26.3 Å². The number of rotatable bonds is 9. The van der Waals surface area contributed by atoms with Gasteiger partial charge in [0.05, 0.1) is 18.8 Å². The van der Waals surface area contributed by atoms with Crippen LogP contribution in [0.15, 0.2) is 0 Å². The van der Waals surface area contributed by atoms with Crippen LogP contribution in [0.3, 0.4) is 0 Å². The second-order valence-electron chi connectivity index (χ2n) is 3.91. The Morgan fingerprint density at radius 3 is 2.40 bits per heavy atom. The van der Waals surface area contributed by atoms with E-state index < -0.39 is 0 Å². The van der Waals surface area contributed by atoms with Crippen LogP contribution in [0.5, 0.6) is 0 Å². The molecular weight excluding hydrogens is 192 g/mol. The van der Waals surface area contributed by atoms with Crippen molar-refractivity contribution in [3.05, 3.63) is 0 Å². The zero-order chi connectivity index (χ0) is 11.7. The average Bonchev–Trinajstić information content (AvgIpc) is 2.27. The van der Waals surface area contributed by atoms with Gasteiger partial charge in [0.25, 0.3) is 0 Å². The molecule has 1 atom stereocenters. The monoisotopic (exact) mass is 218 g/mol. The van der Waals surface area contributed by atoms with Gasteiger partial charge in [-0.2, -0.15) is 0 Å². The average molecular weight is 218 g/mol. The summed E-state index contributed by atoms with van der Waals surface area (Å²) >= 11 is 0. The maximum absolute atomic E-state index is 5.83. The molecule has 0 aromatic carbocycles. The van der Waals surface area contributed by atoms with E-state index in [4.69, 9.17) is 15.2 Å². The predicted octanol–water partition coefficient (Wildman–Crippen LogP) is 0.709. The molecule has 0 fully saturated rings. The van der Waals surface area contributed by atoms with Gasteiger partial charge in [-0.15, -0.1) is 0 Å². The van der Waals surface area contributed by atoms with E-state index in [2.05, 4.69) is 18.7 Å². The quantitative estimate of drug-likeness (QED) is 0.619. The lowest BCUT2D eigenvalue weighted by Crippen LogP contribution is -2.55. The molecule has 2 N–H and O–H groups in total. The Bertz CT molecular complexity index is 156. The largest absolute Gasteiger partial charge is 0.383 e. The van der Waals surface area contributed by atoms with Crippen molar-refractivity contribution in [2.45, 2.75) is 26.3 Å². The topological polar surface area (TPSA) is 47.7 Å². The summed E-state index contributed by atoms with van der Waals surface area (Å²) in [5.41, 5.74) is 5.75. The molecule has 4 nitrogen and oxygen atoms in total. The molecule has 0 spiro atoms. The van der Waals surface area contributed by atoms with E-state index in [1.54, 1.807) is 7.11 Å². The molecule has 0 bridgehead atoms. The summed E-state index contributed by atoms with van der Waals surface area (Å²) in [6.07, 6.45) is 0. The molecule has 0 rings (SSSR count). The first-order valence-corrected chi connectivity index (χ1v) is 5.66. The van der Waals surface area contributed by atoms with Crippen LogP contribution in [0, 0.1) is 0 Å². The minimum absolute atomic E-state index is 0.0801. The number of hydrogen-bond acceptors (Lipinski definition) is 4. The highest BCUT2D eigenvalue weighted by molar-refractivity contribution is 4.86. The Hall–Kier alpha value is -0.160. The van der Waals surface area contributed by atoms with Gasteiger partial charge in [-0.1, -0.05) is 6.92 Å². The second-order valence-corrected chi connectivity index (χ2v) is 3.91. The first-order valence-electron chi connectivity index (χ1n) is 5.66. The Labute approximate surface area is 93.7 Å². The summed E-state index contributed by atoms with van der Waals surface area (Å²) in [5.74, 6) is 0. The first-order chi connectivity index (χ1) is 7.14. The standard InChI is InChI=1S/C11H26N2O2/c1-5-13(7-8-14-4)11(3,9-12)10-15-6-2/h5-10,12H2,1-4H3. The van der Waals surface area contributed by atoms with Crippen LogP contribution in [0.1, 0.15) is 20.8 Å². The summed E-state index contributed by atoms with van der Waals surface area (Å²) in [6.45, 7) is 10.9. The SMILES string of the molecule is CCOCC(C)(CN)N(CC)CCOC. The number of ether oxygens (including phenoxy) is 2. The van der Waals surface area contributed by atoms with Crippen LogP contribution in [-0.2, 0) is 9.47 Å². The Balaban J connectivity index is 4.27. The van der Waals surface area contributed by atoms with Gasteiger partial charge in [0.1, 0.15) is 0 Å². The van der Waals surface area contributed by atoms with Gasteiger partial charge < -0.3 is 15.2 Å². The van der Waals surface area contributed by atoms with Gasteiger partial charge in [-0.3, -0.25) is 4.90 Å². The number of hydrogen-bond donors (Lipinski definition) is 1. The van der Waals surface area contributed by atoms with Gasteiger partial charge in [0.2, 0.25) is 0 Å². The molecule has 0 saturated heterocycles. The maximum Gasteiger partial charge on any atom is 0.0659 e. The molecule has 0 heterocycles. The van der Waals surface area contributed by atoms with E-state index in [-0.39, 0.29) is 5.54 Å². The van der Waals surface area contributed by atoms with Gasteiger partial charge >= 0.3 is 0 Å². The lowest BCUT2D eigenvalue weighted by molar-refractivity contribution is 0.00164. The minimum Gasteiger partial charge on any atom is -0.383 e. The highest BCUT2D eigenvalue weighted by atomic mass is 16.5. The normalized spacial score (nSPS) is 15.6. The number of methoxy groups -OCH3 is 1. The fourth-order valence-corrected chi connectivity index (χ4v) is 1.61. The zero-order valence-corrected chi connectivity index (χ0v) is 10.6. The Morgan fingerprint density at radius 1 is 1.33 bits per heavy atom. The molecular formula is C11H26N2O2. The third-order valence-corrected chi connectivity index (χ3v) is 2.77. The zero-order valence-electron chi connectivity index (χ0n) is 10.6. The molecule has 92 valence electrons. The van der Waals surface area contributed by atoms with Gasteiger partial charge in [0.15, 0.2) is 0 Å². The first kappa shape index (κ1) is 14.8. The fourth-order valence-electron chi connectivity index (χ4n) is 1.61. The lowest BCUT2D eigenvalue weighted by Gasteiger charge is -2.39. The third-order valence-electron chi connectivity index (χ3n) is 2.77. The van der Waals surface area contributed by atoms with Crippen LogP contribution in [0.25, 0.3) is 0 Å². The van der Waals surface area contributed by atoms with Gasteiger partial charge in [-0.25, -0.2) is 0 Å². The fraction of sp³-hybridized carbons (Fsp3) is 1.00. The second kappa shape index (κ2) is 8.05. The van der Waals surface area contributed by atoms with Crippen molar-refractivity contribution in [1.82, 2.24) is 4.90 Å². The van der Waals surface area contributed by atoms with E-state index >= 15 is 0 Å². The molecule has 0 radical (unpaired) electrons. The third kappa shape index (κ3) is 4.93. The molecule has 1 unspecified atom stereocenters. The smallest absolute Gasteiger partial charge is 0.0659 e. The van der Waals surface area contributed by atoms with Gasteiger partial charge in [-0.05, 0) is 20.4 Å². The minimum atomic E-state index is -0.0801. The van der Waals surface area contributed by atoms with Crippen molar-refractivity contribution in [3.8, 4) is 0 Å². The lowest BCUT2D eigenvalue weighted by atomic mass is 10.0. The summed E-state index contributed by atoms with van der Waals surface area (Å²) in [4.78, 5) is 2.31. The van der Waals surface area contributed by atoms with Crippen molar-refractivity contribution < 1.29 is 9.47 Å². The molecule has 0 aliphatic heterocycles. The number of nitrogens with zero attached hydrogens (tertiary/aromatic N) is 1. The Morgan fingerprint density at radius 2 is 2.00 bits per heavy atom. The van der Waals surface area contributed by atoms with E-state index in [1.165, 1.54) is 0 Å². The molecule has 0 saturated carbocycles. The number of nitrogens with two attached hydrogens (primary N) is 1. The molecule has 0 aromatic rings. The van der Waals surface area contributed by atoms with Crippen LogP contribution in [-0.4, -0.2) is 57.0 Å². The van der Waals surface area contributed by atoms with E-state index in [9.17, 15) is 0 Å². The highest BCUT2D eigenvalue weighted by Gasteiger charge is 2.29. The summed E-state index contributed by atoms with van der Waals surface area (Å²) in [7, 11) is 1.72. The van der Waals surface area contributed by atoms with Crippen LogP contribution < -0.4 is 5.73 Å². The van der Waals surface area contributed by atoms with Crippen molar-refractivity contribution >= 4 is 0 Å². The van der Waals surface area contributed by atoms with Crippen LogP contribution >= 0.6 is 0 Å². The molecule has 4 heteroatoms.